The highest BCUT2D eigenvalue weighted by Crippen LogP contribution is 2.35. The minimum Gasteiger partial charge on any atom is -0.465 e. The van der Waals surface area contributed by atoms with Gasteiger partial charge in [0.05, 0.1) is 18.7 Å². The first-order valence-electron chi connectivity index (χ1n) is 7.38. The molecule has 5 nitrogen and oxygen atoms in total. The maximum atomic E-state index is 12.2. The van der Waals surface area contributed by atoms with Gasteiger partial charge in [-0.05, 0) is 42.9 Å². The summed E-state index contributed by atoms with van der Waals surface area (Å²) in [6, 6.07) is 7.59. The molecule has 1 aromatic carbocycles. The van der Waals surface area contributed by atoms with Crippen LogP contribution in [0.5, 0.6) is 0 Å². The Kier molecular flexibility index (Phi) is 3.92. The molecule has 3 atom stereocenters. The van der Waals surface area contributed by atoms with Gasteiger partial charge in [-0.15, -0.1) is 0 Å². The van der Waals surface area contributed by atoms with Crippen molar-refractivity contribution in [3.63, 3.8) is 0 Å². The summed E-state index contributed by atoms with van der Waals surface area (Å²) >= 11 is 0. The lowest BCUT2D eigenvalue weighted by Crippen LogP contribution is -2.47. The molecular weight excluding hydrogens is 268 g/mol. The summed E-state index contributed by atoms with van der Waals surface area (Å²) < 4.78 is 4.65. The molecule has 1 aromatic rings. The first-order chi connectivity index (χ1) is 10.2. The standard InChI is InChI=1S/C16H20N2O3/c1-21-16(20)11-4-2-10(3-5-11)9-17-15(19)14-12-6-7-13(8-12)18-14/h2-5,12-14,18H,6-9H2,1H3,(H,17,19)/t12-,13+,14-/m1/s1. The number of ether oxygens (including phenoxy) is 1. The second kappa shape index (κ2) is 5.85. The SMILES string of the molecule is COC(=O)c1ccc(CNC(=O)[C@@H]2N[C@H]3CC[C@@H]2C3)cc1. The van der Waals surface area contributed by atoms with Crippen molar-refractivity contribution < 1.29 is 14.3 Å². The highest BCUT2D eigenvalue weighted by molar-refractivity contribution is 5.89. The van der Waals surface area contributed by atoms with E-state index in [1.807, 2.05) is 12.1 Å². The van der Waals surface area contributed by atoms with Gasteiger partial charge in [0.1, 0.15) is 0 Å². The number of rotatable bonds is 4. The van der Waals surface area contributed by atoms with E-state index in [-0.39, 0.29) is 17.9 Å². The van der Waals surface area contributed by atoms with Crippen molar-refractivity contribution >= 4 is 11.9 Å². The molecule has 21 heavy (non-hydrogen) atoms. The average Bonchev–Trinajstić information content (AvgIpc) is 3.15. The Morgan fingerprint density at radius 2 is 2.05 bits per heavy atom. The molecule has 5 heteroatoms. The lowest BCUT2D eigenvalue weighted by molar-refractivity contribution is -0.124. The van der Waals surface area contributed by atoms with Crippen LogP contribution in [0.3, 0.4) is 0 Å². The largest absolute Gasteiger partial charge is 0.465 e. The van der Waals surface area contributed by atoms with Crippen LogP contribution in [0, 0.1) is 5.92 Å². The van der Waals surface area contributed by atoms with E-state index in [2.05, 4.69) is 15.4 Å². The third-order valence-corrected chi connectivity index (χ3v) is 4.48. The minimum atomic E-state index is -0.350. The normalized spacial score (nSPS) is 26.6. The Bertz CT molecular complexity index is 541. The van der Waals surface area contributed by atoms with E-state index in [1.165, 1.54) is 13.5 Å². The smallest absolute Gasteiger partial charge is 0.337 e. The summed E-state index contributed by atoms with van der Waals surface area (Å²) in [5.41, 5.74) is 1.49. The minimum absolute atomic E-state index is 0.0295. The van der Waals surface area contributed by atoms with E-state index in [0.29, 0.717) is 24.1 Å². The fourth-order valence-electron chi connectivity index (χ4n) is 3.33. The number of methoxy groups -OCH3 is 1. The maximum absolute atomic E-state index is 12.2. The quantitative estimate of drug-likeness (QED) is 0.818. The Morgan fingerprint density at radius 1 is 1.29 bits per heavy atom. The van der Waals surface area contributed by atoms with Gasteiger partial charge in [-0.2, -0.15) is 0 Å². The predicted molar refractivity (Wildman–Crippen MR) is 77.7 cm³/mol. The van der Waals surface area contributed by atoms with Gasteiger partial charge in [0.25, 0.3) is 0 Å². The first kappa shape index (κ1) is 14.1. The van der Waals surface area contributed by atoms with E-state index < -0.39 is 0 Å². The lowest BCUT2D eigenvalue weighted by Gasteiger charge is -2.22. The number of carbonyl (C=O) groups excluding carboxylic acids is 2. The summed E-state index contributed by atoms with van der Waals surface area (Å²) in [5, 5.41) is 6.36. The molecule has 2 aliphatic rings. The third-order valence-electron chi connectivity index (χ3n) is 4.48. The number of hydrogen-bond acceptors (Lipinski definition) is 4. The summed E-state index contributed by atoms with van der Waals surface area (Å²) in [6.07, 6.45) is 3.49. The van der Waals surface area contributed by atoms with Gasteiger partial charge >= 0.3 is 5.97 Å². The molecule has 1 aliphatic heterocycles. The van der Waals surface area contributed by atoms with Crippen molar-refractivity contribution in [1.82, 2.24) is 10.6 Å². The predicted octanol–water partition coefficient (Wildman–Crippen LogP) is 1.23. The number of nitrogens with one attached hydrogen (secondary N) is 2. The molecule has 2 fully saturated rings. The lowest BCUT2D eigenvalue weighted by atomic mass is 9.99. The van der Waals surface area contributed by atoms with Crippen LogP contribution in [0.1, 0.15) is 35.2 Å². The van der Waals surface area contributed by atoms with Gasteiger partial charge in [0.15, 0.2) is 0 Å². The molecule has 3 rings (SSSR count). The monoisotopic (exact) mass is 288 g/mol. The van der Waals surface area contributed by atoms with E-state index in [1.54, 1.807) is 12.1 Å². The van der Waals surface area contributed by atoms with Crippen LogP contribution in [-0.2, 0) is 16.1 Å². The van der Waals surface area contributed by atoms with Crippen LogP contribution in [-0.4, -0.2) is 31.1 Å². The van der Waals surface area contributed by atoms with E-state index in [4.69, 9.17) is 0 Å². The Morgan fingerprint density at radius 3 is 2.62 bits per heavy atom. The zero-order valence-electron chi connectivity index (χ0n) is 12.1. The zero-order valence-corrected chi connectivity index (χ0v) is 12.1. The van der Waals surface area contributed by atoms with Crippen LogP contribution in [0.15, 0.2) is 24.3 Å². The third kappa shape index (κ3) is 2.93. The van der Waals surface area contributed by atoms with Crippen LogP contribution >= 0.6 is 0 Å². The Labute approximate surface area is 124 Å². The molecule has 2 bridgehead atoms. The van der Waals surface area contributed by atoms with Crippen LogP contribution in [0.25, 0.3) is 0 Å². The highest BCUT2D eigenvalue weighted by atomic mass is 16.5. The molecule has 0 unspecified atom stereocenters. The molecule has 1 amide bonds. The van der Waals surface area contributed by atoms with Gasteiger partial charge in [-0.25, -0.2) is 4.79 Å². The second-order valence-corrected chi connectivity index (χ2v) is 5.82. The van der Waals surface area contributed by atoms with Gasteiger partial charge in [0.2, 0.25) is 5.91 Å². The molecule has 0 aromatic heterocycles. The van der Waals surface area contributed by atoms with Crippen LogP contribution in [0.4, 0.5) is 0 Å². The average molecular weight is 288 g/mol. The molecule has 1 heterocycles. The Balaban J connectivity index is 1.53. The van der Waals surface area contributed by atoms with Crippen molar-refractivity contribution in [2.75, 3.05) is 7.11 Å². The fraction of sp³-hybridized carbons (Fsp3) is 0.500. The number of benzene rings is 1. The number of hydrogen-bond donors (Lipinski definition) is 2. The molecule has 0 radical (unpaired) electrons. The molecule has 1 saturated heterocycles. The summed E-state index contributed by atoms with van der Waals surface area (Å²) in [7, 11) is 1.36. The van der Waals surface area contributed by atoms with Crippen LogP contribution in [0.2, 0.25) is 0 Å². The van der Waals surface area contributed by atoms with Crippen LogP contribution < -0.4 is 10.6 Å². The zero-order chi connectivity index (χ0) is 14.8. The number of piperidine rings is 1. The van der Waals surface area contributed by atoms with Gasteiger partial charge in [-0.1, -0.05) is 12.1 Å². The molecule has 0 spiro atoms. The topological polar surface area (TPSA) is 67.4 Å². The number of esters is 1. The van der Waals surface area contributed by atoms with Crippen molar-refractivity contribution in [3.8, 4) is 0 Å². The number of fused-ring (bicyclic) bond motifs is 2. The number of amides is 1. The van der Waals surface area contributed by atoms with E-state index >= 15 is 0 Å². The van der Waals surface area contributed by atoms with Crippen molar-refractivity contribution in [2.45, 2.75) is 37.9 Å². The van der Waals surface area contributed by atoms with Gasteiger partial charge < -0.3 is 15.4 Å². The van der Waals surface area contributed by atoms with Crippen molar-refractivity contribution in [2.24, 2.45) is 5.92 Å². The Hall–Kier alpha value is -1.88. The summed E-state index contributed by atoms with van der Waals surface area (Å²) in [6.45, 7) is 0.482. The molecule has 2 N–H and O–H groups in total. The molecule has 1 saturated carbocycles. The van der Waals surface area contributed by atoms with Crippen molar-refractivity contribution in [1.29, 1.82) is 0 Å². The maximum Gasteiger partial charge on any atom is 0.337 e. The molecular formula is C16H20N2O3. The highest BCUT2D eigenvalue weighted by Gasteiger charge is 2.42. The van der Waals surface area contributed by atoms with Gasteiger partial charge in [-0.3, -0.25) is 4.79 Å². The molecule has 1 aliphatic carbocycles. The second-order valence-electron chi connectivity index (χ2n) is 5.82. The first-order valence-corrected chi connectivity index (χ1v) is 7.38. The van der Waals surface area contributed by atoms with Gasteiger partial charge in [0, 0.05) is 12.6 Å². The van der Waals surface area contributed by atoms with E-state index in [0.717, 1.165) is 18.4 Å². The fourth-order valence-corrected chi connectivity index (χ4v) is 3.33. The van der Waals surface area contributed by atoms with E-state index in [9.17, 15) is 9.59 Å². The summed E-state index contributed by atoms with van der Waals surface area (Å²) in [5.74, 6) is 0.229. The van der Waals surface area contributed by atoms with Crippen molar-refractivity contribution in [3.05, 3.63) is 35.4 Å². The number of carbonyl (C=O) groups is 2. The summed E-state index contributed by atoms with van der Waals surface area (Å²) in [4.78, 5) is 23.5. The molecule has 112 valence electrons.